The van der Waals surface area contributed by atoms with Crippen LogP contribution in [0.5, 0.6) is 0 Å². The standard InChI is InChI=1S/C11H11BrN2O/c1-6-5-14-10-7(11(15)13-2)3-4-8(12)9(6)10/h3-5,14H,1-2H3,(H,13,15). The van der Waals surface area contributed by atoms with Crippen molar-refractivity contribution in [2.24, 2.45) is 0 Å². The number of fused-ring (bicyclic) bond motifs is 1. The van der Waals surface area contributed by atoms with Gasteiger partial charge in [0, 0.05) is 23.1 Å². The van der Waals surface area contributed by atoms with Crippen molar-refractivity contribution in [3.8, 4) is 0 Å². The number of H-pyrrole nitrogens is 1. The minimum atomic E-state index is -0.0747. The third kappa shape index (κ3) is 1.55. The molecule has 1 heterocycles. The quantitative estimate of drug-likeness (QED) is 0.819. The molecule has 0 fully saturated rings. The molecule has 0 atom stereocenters. The molecule has 78 valence electrons. The Hall–Kier alpha value is -1.29. The summed E-state index contributed by atoms with van der Waals surface area (Å²) in [5.41, 5.74) is 2.67. The number of amides is 1. The van der Waals surface area contributed by atoms with E-state index in [4.69, 9.17) is 0 Å². The van der Waals surface area contributed by atoms with Crippen molar-refractivity contribution in [2.75, 3.05) is 7.05 Å². The summed E-state index contributed by atoms with van der Waals surface area (Å²) < 4.78 is 1.00. The average Bonchev–Trinajstić information content (AvgIpc) is 2.61. The Balaban J connectivity index is 2.78. The first-order valence-corrected chi connectivity index (χ1v) is 5.42. The van der Waals surface area contributed by atoms with E-state index in [1.165, 1.54) is 0 Å². The molecule has 1 aromatic carbocycles. The molecular formula is C11H11BrN2O. The highest BCUT2D eigenvalue weighted by Crippen LogP contribution is 2.29. The van der Waals surface area contributed by atoms with Crippen LogP contribution in [0.4, 0.5) is 0 Å². The van der Waals surface area contributed by atoms with E-state index >= 15 is 0 Å². The van der Waals surface area contributed by atoms with Crippen LogP contribution in [-0.4, -0.2) is 17.9 Å². The average molecular weight is 267 g/mol. The molecule has 2 rings (SSSR count). The largest absolute Gasteiger partial charge is 0.360 e. The molecule has 0 aliphatic rings. The monoisotopic (exact) mass is 266 g/mol. The number of carbonyl (C=O) groups excluding carboxylic acids is 1. The van der Waals surface area contributed by atoms with Gasteiger partial charge in [0.05, 0.1) is 11.1 Å². The Morgan fingerprint density at radius 3 is 2.87 bits per heavy atom. The van der Waals surface area contributed by atoms with E-state index in [1.807, 2.05) is 19.2 Å². The number of benzene rings is 1. The van der Waals surface area contributed by atoms with Gasteiger partial charge in [-0.05, 0) is 24.6 Å². The number of aromatic amines is 1. The third-order valence-corrected chi connectivity index (χ3v) is 3.11. The molecule has 0 unspecified atom stereocenters. The summed E-state index contributed by atoms with van der Waals surface area (Å²) >= 11 is 3.48. The zero-order valence-electron chi connectivity index (χ0n) is 8.52. The molecule has 1 aromatic heterocycles. The van der Waals surface area contributed by atoms with Crippen molar-refractivity contribution in [2.45, 2.75) is 6.92 Å². The van der Waals surface area contributed by atoms with Gasteiger partial charge in [0.1, 0.15) is 0 Å². The van der Waals surface area contributed by atoms with Crippen LogP contribution in [0.1, 0.15) is 15.9 Å². The predicted molar refractivity (Wildman–Crippen MR) is 64.1 cm³/mol. The smallest absolute Gasteiger partial charge is 0.253 e. The van der Waals surface area contributed by atoms with E-state index in [0.717, 1.165) is 20.9 Å². The molecule has 1 amide bonds. The molecule has 2 aromatic rings. The number of aryl methyl sites for hydroxylation is 1. The summed E-state index contributed by atoms with van der Waals surface area (Å²) in [6.07, 6.45) is 1.90. The van der Waals surface area contributed by atoms with Gasteiger partial charge in [-0.2, -0.15) is 0 Å². The minimum Gasteiger partial charge on any atom is -0.360 e. The van der Waals surface area contributed by atoms with Gasteiger partial charge in [0.2, 0.25) is 0 Å². The summed E-state index contributed by atoms with van der Waals surface area (Å²) in [7, 11) is 1.63. The summed E-state index contributed by atoms with van der Waals surface area (Å²) in [6, 6.07) is 3.70. The van der Waals surface area contributed by atoms with E-state index in [-0.39, 0.29) is 5.91 Å². The highest BCUT2D eigenvalue weighted by molar-refractivity contribution is 9.10. The third-order valence-electron chi connectivity index (χ3n) is 2.45. The summed E-state index contributed by atoms with van der Waals surface area (Å²) in [6.45, 7) is 2.01. The van der Waals surface area contributed by atoms with Gasteiger partial charge in [0.15, 0.2) is 0 Å². The molecule has 0 spiro atoms. The van der Waals surface area contributed by atoms with Gasteiger partial charge in [0.25, 0.3) is 5.91 Å². The Kier molecular flexibility index (Phi) is 2.52. The number of hydrogen-bond acceptors (Lipinski definition) is 1. The van der Waals surface area contributed by atoms with Crippen LogP contribution in [-0.2, 0) is 0 Å². The van der Waals surface area contributed by atoms with Crippen molar-refractivity contribution < 1.29 is 4.79 Å². The van der Waals surface area contributed by atoms with E-state index in [0.29, 0.717) is 5.56 Å². The van der Waals surface area contributed by atoms with Gasteiger partial charge in [-0.15, -0.1) is 0 Å². The number of rotatable bonds is 1. The van der Waals surface area contributed by atoms with Crippen LogP contribution in [0.3, 0.4) is 0 Å². The summed E-state index contributed by atoms with van der Waals surface area (Å²) in [5.74, 6) is -0.0747. The van der Waals surface area contributed by atoms with Crippen molar-refractivity contribution in [3.05, 3.63) is 33.9 Å². The lowest BCUT2D eigenvalue weighted by Crippen LogP contribution is -2.18. The Morgan fingerprint density at radius 1 is 1.47 bits per heavy atom. The fraction of sp³-hybridized carbons (Fsp3) is 0.182. The summed E-state index contributed by atoms with van der Waals surface area (Å²) in [4.78, 5) is 14.7. The van der Waals surface area contributed by atoms with Crippen LogP contribution in [0.25, 0.3) is 10.9 Å². The van der Waals surface area contributed by atoms with E-state index in [1.54, 1.807) is 13.1 Å². The fourth-order valence-corrected chi connectivity index (χ4v) is 2.33. The van der Waals surface area contributed by atoms with Crippen molar-refractivity contribution in [1.29, 1.82) is 0 Å². The van der Waals surface area contributed by atoms with Crippen LogP contribution in [0, 0.1) is 6.92 Å². The molecule has 4 heteroatoms. The Labute approximate surface area is 96.0 Å². The lowest BCUT2D eigenvalue weighted by molar-refractivity contribution is 0.0964. The molecule has 0 bridgehead atoms. The lowest BCUT2D eigenvalue weighted by Gasteiger charge is -2.03. The van der Waals surface area contributed by atoms with E-state index in [9.17, 15) is 4.79 Å². The number of nitrogens with one attached hydrogen (secondary N) is 2. The van der Waals surface area contributed by atoms with Gasteiger partial charge >= 0.3 is 0 Å². The topological polar surface area (TPSA) is 44.9 Å². The van der Waals surface area contributed by atoms with Crippen LogP contribution < -0.4 is 5.32 Å². The first kappa shape index (κ1) is 10.2. The van der Waals surface area contributed by atoms with Crippen molar-refractivity contribution in [1.82, 2.24) is 10.3 Å². The zero-order chi connectivity index (χ0) is 11.0. The normalized spacial score (nSPS) is 10.6. The fourth-order valence-electron chi connectivity index (χ4n) is 1.69. The van der Waals surface area contributed by atoms with Gasteiger partial charge in [-0.3, -0.25) is 4.79 Å². The maximum atomic E-state index is 11.6. The van der Waals surface area contributed by atoms with Crippen LogP contribution in [0.2, 0.25) is 0 Å². The van der Waals surface area contributed by atoms with E-state index < -0.39 is 0 Å². The number of hydrogen-bond donors (Lipinski definition) is 2. The highest BCUT2D eigenvalue weighted by atomic mass is 79.9. The van der Waals surface area contributed by atoms with Crippen molar-refractivity contribution >= 4 is 32.7 Å². The van der Waals surface area contributed by atoms with Crippen LogP contribution >= 0.6 is 15.9 Å². The second kappa shape index (κ2) is 3.70. The lowest BCUT2D eigenvalue weighted by atomic mass is 10.1. The second-order valence-corrected chi connectivity index (χ2v) is 4.25. The minimum absolute atomic E-state index is 0.0747. The molecule has 2 N–H and O–H groups in total. The first-order chi connectivity index (χ1) is 7.15. The summed E-state index contributed by atoms with van der Waals surface area (Å²) in [5, 5.41) is 3.69. The van der Waals surface area contributed by atoms with Crippen LogP contribution in [0.15, 0.2) is 22.8 Å². The molecule has 15 heavy (non-hydrogen) atoms. The molecule has 0 aliphatic carbocycles. The number of aromatic nitrogens is 1. The van der Waals surface area contributed by atoms with Crippen molar-refractivity contribution in [3.63, 3.8) is 0 Å². The molecule has 0 radical (unpaired) electrons. The Morgan fingerprint density at radius 2 is 2.20 bits per heavy atom. The SMILES string of the molecule is CNC(=O)c1ccc(Br)c2c(C)c[nH]c12. The Bertz CT molecular complexity index is 531. The predicted octanol–water partition coefficient (Wildman–Crippen LogP) is 2.60. The highest BCUT2D eigenvalue weighted by Gasteiger charge is 2.12. The van der Waals surface area contributed by atoms with Gasteiger partial charge in [-0.25, -0.2) is 0 Å². The molecular weight excluding hydrogens is 256 g/mol. The molecule has 0 aliphatic heterocycles. The first-order valence-electron chi connectivity index (χ1n) is 4.63. The molecule has 3 nitrogen and oxygen atoms in total. The zero-order valence-corrected chi connectivity index (χ0v) is 10.1. The maximum Gasteiger partial charge on any atom is 0.253 e. The maximum absolute atomic E-state index is 11.6. The van der Waals surface area contributed by atoms with Gasteiger partial charge in [-0.1, -0.05) is 15.9 Å². The number of halogens is 1. The molecule has 0 saturated heterocycles. The van der Waals surface area contributed by atoms with E-state index in [2.05, 4.69) is 26.2 Å². The second-order valence-electron chi connectivity index (χ2n) is 3.40. The van der Waals surface area contributed by atoms with Gasteiger partial charge < -0.3 is 10.3 Å². The molecule has 0 saturated carbocycles. The number of carbonyl (C=O) groups is 1.